The van der Waals surface area contributed by atoms with Gasteiger partial charge in [-0.25, -0.2) is 19.2 Å². The van der Waals surface area contributed by atoms with E-state index in [1.165, 1.54) is 22.7 Å². The van der Waals surface area contributed by atoms with Gasteiger partial charge in [0.25, 0.3) is 0 Å². The molecule has 0 atom stereocenters. The molecule has 0 saturated carbocycles. The smallest absolute Gasteiger partial charge is 0.340 e. The van der Waals surface area contributed by atoms with E-state index >= 15 is 0 Å². The average molecular weight is 809 g/mol. The first kappa shape index (κ1) is 37.7. The normalized spacial score (nSPS) is 11.9. The monoisotopic (exact) mass is 808 g/mol. The maximum Gasteiger partial charge on any atom is 0.340 e. The van der Waals surface area contributed by atoms with Gasteiger partial charge < -0.3 is 18.9 Å². The first-order valence-electron chi connectivity index (χ1n) is 19.9. The Morgan fingerprint density at radius 2 is 0.724 bits per heavy atom. The van der Waals surface area contributed by atoms with Gasteiger partial charge >= 0.3 is 23.9 Å². The SMILES string of the molecule is CCCOC(=O)c1c(C(=O)OCCC)c2c(cc3c4cccc5c6c(C(=O)OCCC)c(C(=O)OCCC)c7sccc7c6cc(c6cccc2c63)c45)c2ccsc12. The van der Waals surface area contributed by atoms with Crippen LogP contribution in [0.2, 0.25) is 0 Å². The predicted molar refractivity (Wildman–Crippen MR) is 236 cm³/mol. The van der Waals surface area contributed by atoms with Crippen LogP contribution in [0.4, 0.5) is 0 Å². The molecule has 0 saturated heterocycles. The molecule has 9 aromatic rings. The molecule has 0 radical (unpaired) electrons. The summed E-state index contributed by atoms with van der Waals surface area (Å²) in [5.74, 6) is -2.22. The number of hydrogen-bond donors (Lipinski definition) is 0. The number of carbonyl (C=O) groups is 4. The molecule has 58 heavy (non-hydrogen) atoms. The first-order valence-corrected chi connectivity index (χ1v) is 21.6. The van der Waals surface area contributed by atoms with Gasteiger partial charge in [0.2, 0.25) is 0 Å². The van der Waals surface area contributed by atoms with E-state index in [4.69, 9.17) is 18.9 Å². The van der Waals surface area contributed by atoms with Gasteiger partial charge in [0.1, 0.15) is 0 Å². The number of hydrogen-bond acceptors (Lipinski definition) is 10. The zero-order valence-electron chi connectivity index (χ0n) is 32.7. The van der Waals surface area contributed by atoms with E-state index < -0.39 is 23.9 Å². The molecular weight excluding hydrogens is 769 g/mol. The molecule has 0 amide bonds. The zero-order chi connectivity index (χ0) is 40.2. The van der Waals surface area contributed by atoms with E-state index in [1.54, 1.807) is 0 Å². The predicted octanol–water partition coefficient (Wildman–Crippen LogP) is 12.7. The Morgan fingerprint density at radius 3 is 1.09 bits per heavy atom. The van der Waals surface area contributed by atoms with Crippen molar-refractivity contribution in [2.75, 3.05) is 26.4 Å². The molecule has 9 rings (SSSR count). The second-order valence-corrected chi connectivity index (χ2v) is 16.4. The van der Waals surface area contributed by atoms with Crippen LogP contribution in [0, 0.1) is 0 Å². The van der Waals surface area contributed by atoms with Gasteiger partial charge in [-0.3, -0.25) is 0 Å². The molecule has 0 aliphatic rings. The third kappa shape index (κ3) is 5.67. The Morgan fingerprint density at radius 1 is 0.397 bits per heavy atom. The average Bonchev–Trinajstić information content (AvgIpc) is 3.95. The Balaban J connectivity index is 1.48. The molecule has 0 aliphatic heterocycles. The third-order valence-corrected chi connectivity index (χ3v) is 12.7. The van der Waals surface area contributed by atoms with Gasteiger partial charge in [-0.05, 0) is 115 Å². The Kier molecular flexibility index (Phi) is 9.86. The molecule has 0 fully saturated rings. The van der Waals surface area contributed by atoms with Crippen LogP contribution >= 0.6 is 22.7 Å². The van der Waals surface area contributed by atoms with Gasteiger partial charge in [0, 0.05) is 21.5 Å². The lowest BCUT2D eigenvalue weighted by Crippen LogP contribution is -2.16. The van der Waals surface area contributed by atoms with E-state index in [0.717, 1.165) is 64.6 Å². The van der Waals surface area contributed by atoms with Crippen LogP contribution in [0.25, 0.3) is 84.8 Å². The van der Waals surface area contributed by atoms with Crippen LogP contribution in [-0.2, 0) is 18.9 Å². The fourth-order valence-corrected chi connectivity index (χ4v) is 10.5. The van der Waals surface area contributed by atoms with Crippen molar-refractivity contribution in [1.82, 2.24) is 0 Å². The maximum absolute atomic E-state index is 14.3. The van der Waals surface area contributed by atoms with Crippen molar-refractivity contribution in [2.24, 2.45) is 0 Å². The highest BCUT2D eigenvalue weighted by Gasteiger charge is 2.32. The molecule has 7 aromatic carbocycles. The van der Waals surface area contributed by atoms with Gasteiger partial charge in [-0.15, -0.1) is 22.7 Å². The van der Waals surface area contributed by atoms with Crippen LogP contribution < -0.4 is 0 Å². The molecular formula is C48H40O8S2. The van der Waals surface area contributed by atoms with Crippen LogP contribution in [-0.4, -0.2) is 50.3 Å². The van der Waals surface area contributed by atoms with Crippen LogP contribution in [0.1, 0.15) is 94.8 Å². The Bertz CT molecular complexity index is 2940. The fourth-order valence-electron chi connectivity index (χ4n) is 8.58. The third-order valence-electron chi connectivity index (χ3n) is 10.8. The van der Waals surface area contributed by atoms with Crippen molar-refractivity contribution in [2.45, 2.75) is 53.4 Å². The lowest BCUT2D eigenvalue weighted by molar-refractivity contribution is 0.0462. The van der Waals surface area contributed by atoms with Crippen molar-refractivity contribution < 1.29 is 38.1 Å². The fraction of sp³-hybridized carbons (Fsp3) is 0.250. The van der Waals surface area contributed by atoms with E-state index in [2.05, 4.69) is 24.3 Å². The second kappa shape index (κ2) is 15.2. The minimum Gasteiger partial charge on any atom is -0.462 e. The molecule has 8 nitrogen and oxygen atoms in total. The van der Waals surface area contributed by atoms with Crippen molar-refractivity contribution in [3.63, 3.8) is 0 Å². The van der Waals surface area contributed by atoms with E-state index in [1.807, 2.05) is 74.9 Å². The standard InChI is InChI=1S/C48H40O8S2/c1-5-17-53-45(49)39-37-29-13-9-11-25-32-24-34-28-16-22-58-44(28)42(48(52)56-20-8-4)40(46(50)54-18-6-2)38(34)30-14-10-12-26(36(30)32)31(35(25)29)23-33(37)27-15-21-57-43(27)41(39)47(51)55-19-7-3/h9-16,21-24H,5-8,17-20H2,1-4H3. The first-order chi connectivity index (χ1) is 28.3. The van der Waals surface area contributed by atoms with Crippen LogP contribution in [0.3, 0.4) is 0 Å². The summed E-state index contributed by atoms with van der Waals surface area (Å²) >= 11 is 2.79. The molecule has 2 aromatic heterocycles. The number of benzene rings is 7. The lowest BCUT2D eigenvalue weighted by Gasteiger charge is -2.21. The van der Waals surface area contributed by atoms with Crippen LogP contribution in [0.15, 0.2) is 71.4 Å². The summed E-state index contributed by atoms with van der Waals surface area (Å²) in [7, 11) is 0. The lowest BCUT2D eigenvalue weighted by atomic mass is 9.82. The topological polar surface area (TPSA) is 105 Å². The molecule has 292 valence electrons. The number of fused-ring (bicyclic) bond motifs is 10. The number of rotatable bonds is 12. The molecule has 0 N–H and O–H groups in total. The Hall–Kier alpha value is -5.84. The van der Waals surface area contributed by atoms with Crippen molar-refractivity contribution in [3.05, 3.63) is 93.7 Å². The molecule has 10 heteroatoms. The van der Waals surface area contributed by atoms with Crippen molar-refractivity contribution >= 4 is 131 Å². The Labute approximate surface area is 341 Å². The summed E-state index contributed by atoms with van der Waals surface area (Å²) in [4.78, 5) is 56.5. The van der Waals surface area contributed by atoms with Gasteiger partial charge in [-0.1, -0.05) is 64.1 Å². The quantitative estimate of drug-likeness (QED) is 0.0520. The summed E-state index contributed by atoms with van der Waals surface area (Å²) in [6.45, 7) is 8.61. The zero-order valence-corrected chi connectivity index (χ0v) is 34.3. The summed E-state index contributed by atoms with van der Waals surface area (Å²) in [6.07, 6.45) is 2.53. The second-order valence-electron chi connectivity index (χ2n) is 14.5. The number of esters is 4. The highest BCUT2D eigenvalue weighted by atomic mass is 32.1. The number of carbonyl (C=O) groups excluding carboxylic acids is 4. The molecule has 0 spiro atoms. The molecule has 0 unspecified atom stereocenters. The highest BCUT2D eigenvalue weighted by molar-refractivity contribution is 7.18. The summed E-state index contributed by atoms with van der Waals surface area (Å²) < 4.78 is 24.5. The summed E-state index contributed by atoms with van der Waals surface area (Å²) in [6, 6.07) is 20.4. The van der Waals surface area contributed by atoms with E-state index in [-0.39, 0.29) is 48.7 Å². The number of ether oxygens (including phenoxy) is 4. The van der Waals surface area contributed by atoms with Crippen molar-refractivity contribution in [3.8, 4) is 0 Å². The van der Waals surface area contributed by atoms with E-state index in [0.29, 0.717) is 45.9 Å². The molecule has 0 bridgehead atoms. The highest BCUT2D eigenvalue weighted by Crippen LogP contribution is 2.50. The molecule has 2 heterocycles. The summed E-state index contributed by atoms with van der Waals surface area (Å²) in [5, 5.41) is 15.7. The van der Waals surface area contributed by atoms with Gasteiger partial charge in [0.05, 0.1) is 58.1 Å². The van der Waals surface area contributed by atoms with Crippen LogP contribution in [0.5, 0.6) is 0 Å². The summed E-state index contributed by atoms with van der Waals surface area (Å²) in [5.41, 5.74) is 0.882. The minimum atomic E-state index is -0.564. The molecule has 0 aliphatic carbocycles. The number of thiophene rings is 2. The van der Waals surface area contributed by atoms with Gasteiger partial charge in [0.15, 0.2) is 0 Å². The van der Waals surface area contributed by atoms with E-state index in [9.17, 15) is 19.2 Å². The van der Waals surface area contributed by atoms with Gasteiger partial charge in [-0.2, -0.15) is 0 Å². The van der Waals surface area contributed by atoms with Crippen molar-refractivity contribution in [1.29, 1.82) is 0 Å². The maximum atomic E-state index is 14.3. The largest absolute Gasteiger partial charge is 0.462 e. The minimum absolute atomic E-state index is 0.207.